The van der Waals surface area contributed by atoms with Crippen LogP contribution in [0.25, 0.3) is 10.9 Å². The fourth-order valence-electron chi connectivity index (χ4n) is 3.18. The molecular formula is C22H19ClN4O2. The molecule has 0 spiro atoms. The Labute approximate surface area is 173 Å². The van der Waals surface area contributed by atoms with Crippen LogP contribution in [0.15, 0.2) is 67.0 Å². The predicted octanol–water partition coefficient (Wildman–Crippen LogP) is 5.23. The molecule has 2 N–H and O–H groups in total. The number of benzene rings is 2. The van der Waals surface area contributed by atoms with Gasteiger partial charge in [-0.25, -0.2) is 4.98 Å². The van der Waals surface area contributed by atoms with Crippen LogP contribution in [0.5, 0.6) is 5.75 Å². The Bertz CT molecular complexity index is 1200. The standard InChI is InChI=1S/C22H19ClN4O2/c1-27-10-9-18-20(27)19(22(28)26-16-7-4-8-17(12-16)29-2)13-24-21(18)25-15-6-3-5-14(23)11-15/h3-13H,1-2H3,(H,24,25)(H,26,28). The van der Waals surface area contributed by atoms with Gasteiger partial charge in [-0.2, -0.15) is 0 Å². The molecule has 29 heavy (non-hydrogen) atoms. The van der Waals surface area contributed by atoms with Crippen LogP contribution in [0, 0.1) is 0 Å². The maximum Gasteiger partial charge on any atom is 0.259 e. The van der Waals surface area contributed by atoms with Crippen LogP contribution in [0.4, 0.5) is 17.2 Å². The number of aryl methyl sites for hydroxylation is 1. The molecule has 0 aliphatic heterocycles. The van der Waals surface area contributed by atoms with Crippen molar-refractivity contribution in [3.63, 3.8) is 0 Å². The third kappa shape index (κ3) is 3.88. The van der Waals surface area contributed by atoms with E-state index in [-0.39, 0.29) is 5.91 Å². The fraction of sp³-hybridized carbons (Fsp3) is 0.0909. The first kappa shape index (κ1) is 18.8. The fourth-order valence-corrected chi connectivity index (χ4v) is 3.37. The third-order valence-corrected chi connectivity index (χ3v) is 4.80. The van der Waals surface area contributed by atoms with E-state index in [4.69, 9.17) is 16.3 Å². The number of amides is 1. The Morgan fingerprint density at radius 3 is 2.69 bits per heavy atom. The van der Waals surface area contributed by atoms with Crippen LogP contribution in [-0.2, 0) is 7.05 Å². The maximum absolute atomic E-state index is 12.9. The lowest BCUT2D eigenvalue weighted by Gasteiger charge is -2.12. The lowest BCUT2D eigenvalue weighted by atomic mass is 10.1. The van der Waals surface area contributed by atoms with E-state index in [0.29, 0.717) is 27.8 Å². The van der Waals surface area contributed by atoms with E-state index in [2.05, 4.69) is 15.6 Å². The highest BCUT2D eigenvalue weighted by atomic mass is 35.5. The number of pyridine rings is 1. The third-order valence-electron chi connectivity index (χ3n) is 4.57. The van der Waals surface area contributed by atoms with Gasteiger partial charge in [-0.15, -0.1) is 0 Å². The summed E-state index contributed by atoms with van der Waals surface area (Å²) < 4.78 is 7.12. The number of nitrogens with one attached hydrogen (secondary N) is 2. The molecule has 0 aliphatic rings. The number of aromatic nitrogens is 2. The van der Waals surface area contributed by atoms with Crippen LogP contribution < -0.4 is 15.4 Å². The summed E-state index contributed by atoms with van der Waals surface area (Å²) in [6.07, 6.45) is 3.47. The minimum Gasteiger partial charge on any atom is -0.497 e. The van der Waals surface area contributed by atoms with Crippen LogP contribution in [0.3, 0.4) is 0 Å². The van der Waals surface area contributed by atoms with E-state index in [1.54, 1.807) is 19.4 Å². The van der Waals surface area contributed by atoms with Gasteiger partial charge in [0.25, 0.3) is 5.91 Å². The van der Waals surface area contributed by atoms with E-state index in [0.717, 1.165) is 16.6 Å². The number of halogens is 1. The molecule has 0 fully saturated rings. The lowest BCUT2D eigenvalue weighted by molar-refractivity contribution is 0.102. The number of ether oxygens (including phenoxy) is 1. The number of fused-ring (bicyclic) bond motifs is 1. The number of carbonyl (C=O) groups is 1. The van der Waals surface area contributed by atoms with Crippen molar-refractivity contribution in [2.24, 2.45) is 7.05 Å². The average molecular weight is 407 g/mol. The van der Waals surface area contributed by atoms with E-state index in [9.17, 15) is 4.79 Å². The summed E-state index contributed by atoms with van der Waals surface area (Å²) in [5, 5.41) is 7.66. The van der Waals surface area contributed by atoms with Crippen molar-refractivity contribution in [1.82, 2.24) is 9.55 Å². The van der Waals surface area contributed by atoms with Crippen LogP contribution in [-0.4, -0.2) is 22.6 Å². The largest absolute Gasteiger partial charge is 0.497 e. The second kappa shape index (κ2) is 7.85. The van der Waals surface area contributed by atoms with Gasteiger partial charge in [0, 0.05) is 47.3 Å². The Morgan fingerprint density at radius 2 is 1.90 bits per heavy atom. The first-order valence-electron chi connectivity index (χ1n) is 8.97. The predicted molar refractivity (Wildman–Crippen MR) is 116 cm³/mol. The Morgan fingerprint density at radius 1 is 1.10 bits per heavy atom. The van der Waals surface area contributed by atoms with Crippen molar-refractivity contribution >= 4 is 45.6 Å². The summed E-state index contributed by atoms with van der Waals surface area (Å²) in [6, 6.07) is 16.6. The van der Waals surface area contributed by atoms with Crippen molar-refractivity contribution in [1.29, 1.82) is 0 Å². The summed E-state index contributed by atoms with van der Waals surface area (Å²) in [4.78, 5) is 17.4. The summed E-state index contributed by atoms with van der Waals surface area (Å²) in [5.74, 6) is 1.08. The van der Waals surface area contributed by atoms with Gasteiger partial charge in [0.05, 0.1) is 18.2 Å². The van der Waals surface area contributed by atoms with E-state index >= 15 is 0 Å². The second-order valence-electron chi connectivity index (χ2n) is 6.53. The average Bonchev–Trinajstić information content (AvgIpc) is 3.11. The minimum absolute atomic E-state index is 0.244. The van der Waals surface area contributed by atoms with Gasteiger partial charge in [-0.05, 0) is 36.4 Å². The quantitative estimate of drug-likeness (QED) is 0.476. The van der Waals surface area contributed by atoms with E-state index in [1.165, 1.54) is 0 Å². The van der Waals surface area contributed by atoms with Crippen LogP contribution >= 0.6 is 11.6 Å². The van der Waals surface area contributed by atoms with Gasteiger partial charge >= 0.3 is 0 Å². The summed E-state index contributed by atoms with van der Waals surface area (Å²) in [5.41, 5.74) is 2.73. The molecule has 1 amide bonds. The molecule has 2 aromatic carbocycles. The zero-order chi connectivity index (χ0) is 20.4. The Kier molecular flexibility index (Phi) is 5.10. The highest BCUT2D eigenvalue weighted by Crippen LogP contribution is 2.29. The molecule has 4 aromatic rings. The molecule has 0 saturated heterocycles. The highest BCUT2D eigenvalue weighted by Gasteiger charge is 2.17. The van der Waals surface area contributed by atoms with Crippen molar-refractivity contribution in [3.05, 3.63) is 77.6 Å². The molecule has 0 saturated carbocycles. The molecule has 2 aromatic heterocycles. The van der Waals surface area contributed by atoms with Crippen molar-refractivity contribution < 1.29 is 9.53 Å². The maximum atomic E-state index is 12.9. The molecule has 0 aliphatic carbocycles. The second-order valence-corrected chi connectivity index (χ2v) is 6.97. The topological polar surface area (TPSA) is 68.2 Å². The Hall–Kier alpha value is -3.51. The van der Waals surface area contributed by atoms with Gasteiger partial charge in [-0.3, -0.25) is 4.79 Å². The summed E-state index contributed by atoms with van der Waals surface area (Å²) in [6.45, 7) is 0. The van der Waals surface area contributed by atoms with Crippen molar-refractivity contribution in [2.45, 2.75) is 0 Å². The Balaban J connectivity index is 1.68. The van der Waals surface area contributed by atoms with Gasteiger partial charge in [0.15, 0.2) is 0 Å². The minimum atomic E-state index is -0.244. The first-order chi connectivity index (χ1) is 14.0. The summed E-state index contributed by atoms with van der Waals surface area (Å²) >= 11 is 6.07. The normalized spacial score (nSPS) is 10.7. The van der Waals surface area contributed by atoms with Crippen LogP contribution in [0.1, 0.15) is 10.4 Å². The number of methoxy groups -OCH3 is 1. The van der Waals surface area contributed by atoms with Crippen molar-refractivity contribution in [2.75, 3.05) is 17.7 Å². The zero-order valence-corrected chi connectivity index (χ0v) is 16.7. The van der Waals surface area contributed by atoms with Gasteiger partial charge in [-0.1, -0.05) is 23.7 Å². The number of rotatable bonds is 5. The molecule has 0 bridgehead atoms. The molecule has 6 nitrogen and oxygen atoms in total. The number of hydrogen-bond acceptors (Lipinski definition) is 4. The number of anilines is 3. The van der Waals surface area contributed by atoms with E-state index in [1.807, 2.05) is 66.3 Å². The first-order valence-corrected chi connectivity index (χ1v) is 9.35. The van der Waals surface area contributed by atoms with Crippen molar-refractivity contribution in [3.8, 4) is 5.75 Å². The smallest absolute Gasteiger partial charge is 0.259 e. The SMILES string of the molecule is COc1cccc(NC(=O)c2cnc(Nc3cccc(Cl)c3)c3ccn(C)c23)c1. The molecule has 4 rings (SSSR count). The van der Waals surface area contributed by atoms with Crippen LogP contribution in [0.2, 0.25) is 5.02 Å². The molecule has 0 radical (unpaired) electrons. The monoisotopic (exact) mass is 406 g/mol. The molecular weight excluding hydrogens is 388 g/mol. The number of hydrogen-bond donors (Lipinski definition) is 2. The van der Waals surface area contributed by atoms with Gasteiger partial charge in [0.1, 0.15) is 11.6 Å². The molecule has 0 atom stereocenters. The summed E-state index contributed by atoms with van der Waals surface area (Å²) in [7, 11) is 3.48. The zero-order valence-electron chi connectivity index (χ0n) is 15.9. The van der Waals surface area contributed by atoms with E-state index < -0.39 is 0 Å². The van der Waals surface area contributed by atoms with Gasteiger partial charge in [0.2, 0.25) is 0 Å². The number of carbonyl (C=O) groups excluding carboxylic acids is 1. The lowest BCUT2D eigenvalue weighted by Crippen LogP contribution is -2.14. The molecule has 7 heteroatoms. The molecule has 146 valence electrons. The van der Waals surface area contributed by atoms with Gasteiger partial charge < -0.3 is 19.9 Å². The molecule has 2 heterocycles. The highest BCUT2D eigenvalue weighted by molar-refractivity contribution is 6.30. The number of nitrogens with zero attached hydrogens (tertiary/aromatic N) is 2. The molecule has 0 unspecified atom stereocenters.